The molecule has 0 radical (unpaired) electrons. The van der Waals surface area contributed by atoms with Crippen LogP contribution in [0.3, 0.4) is 0 Å². The third-order valence-corrected chi connectivity index (χ3v) is 3.79. The maximum atomic E-state index is 10.4. The lowest BCUT2D eigenvalue weighted by atomic mass is 10.1. The van der Waals surface area contributed by atoms with Crippen molar-refractivity contribution in [3.8, 4) is 6.07 Å². The minimum Gasteiger partial charge on any atom is -0.378 e. The van der Waals surface area contributed by atoms with Gasteiger partial charge in [-0.2, -0.15) is 5.26 Å². The number of carbonyl (C=O) groups excluding carboxylic acids is 1. The summed E-state index contributed by atoms with van der Waals surface area (Å²) >= 11 is 0. The zero-order valence-corrected chi connectivity index (χ0v) is 13.8. The lowest BCUT2D eigenvalue weighted by Crippen LogP contribution is -2.14. The predicted molar refractivity (Wildman–Crippen MR) is 87.1 cm³/mol. The highest BCUT2D eigenvalue weighted by molar-refractivity contribution is 5.49. The molecule has 0 aliphatic heterocycles. The summed E-state index contributed by atoms with van der Waals surface area (Å²) in [4.78, 5) is 10.4. The summed E-state index contributed by atoms with van der Waals surface area (Å²) in [6.45, 7) is 3.02. The van der Waals surface area contributed by atoms with E-state index in [9.17, 15) is 4.79 Å². The Hall–Kier alpha value is -0.880. The maximum absolute atomic E-state index is 10.4. The van der Waals surface area contributed by atoms with E-state index >= 15 is 0 Å². The minimum atomic E-state index is 0.0869. The second-order valence-electron chi connectivity index (χ2n) is 5.76. The molecule has 0 rings (SSSR count). The van der Waals surface area contributed by atoms with Gasteiger partial charge in [0, 0.05) is 19.4 Å². The molecule has 0 spiro atoms. The molecule has 3 nitrogen and oxygen atoms in total. The van der Waals surface area contributed by atoms with Crippen LogP contribution in [0.15, 0.2) is 0 Å². The van der Waals surface area contributed by atoms with Crippen molar-refractivity contribution in [2.75, 3.05) is 6.61 Å². The Kier molecular flexibility index (Phi) is 16.5. The summed E-state index contributed by atoms with van der Waals surface area (Å²) in [6.07, 6.45) is 15.4. The molecule has 0 aromatic rings. The second kappa shape index (κ2) is 17.2. The summed E-state index contributed by atoms with van der Waals surface area (Å²) in [5.74, 6) is 0. The van der Waals surface area contributed by atoms with Gasteiger partial charge in [-0.25, -0.2) is 0 Å². The number of nitriles is 1. The van der Waals surface area contributed by atoms with Gasteiger partial charge in [-0.15, -0.1) is 0 Å². The van der Waals surface area contributed by atoms with Crippen LogP contribution in [0.1, 0.15) is 90.4 Å². The lowest BCUT2D eigenvalue weighted by Gasteiger charge is -2.15. The molecule has 0 N–H and O–H groups in total. The highest BCUT2D eigenvalue weighted by Gasteiger charge is 2.08. The van der Waals surface area contributed by atoms with E-state index in [4.69, 9.17) is 10.00 Å². The van der Waals surface area contributed by atoms with Crippen molar-refractivity contribution >= 4 is 6.29 Å². The largest absolute Gasteiger partial charge is 0.378 e. The van der Waals surface area contributed by atoms with Gasteiger partial charge in [0.2, 0.25) is 0 Å². The van der Waals surface area contributed by atoms with Crippen LogP contribution in [-0.2, 0) is 9.53 Å². The molecular formula is C18H33NO2. The van der Waals surface area contributed by atoms with E-state index in [1.165, 1.54) is 51.4 Å². The molecule has 122 valence electrons. The Balaban J connectivity index is 3.40. The average molecular weight is 295 g/mol. The fourth-order valence-electron chi connectivity index (χ4n) is 2.45. The summed E-state index contributed by atoms with van der Waals surface area (Å²) < 4.78 is 5.80. The van der Waals surface area contributed by atoms with E-state index in [0.717, 1.165) is 32.2 Å². The standard InChI is InChI=1S/C18H33NO2/c1-2-3-4-5-6-7-8-9-10-17-21-18(13-11-15-19)14-12-16-20/h16,18H,2-14,17H2,1H3. The molecule has 0 amide bonds. The summed E-state index contributed by atoms with van der Waals surface area (Å²) in [7, 11) is 0. The first-order chi connectivity index (χ1) is 10.3. The first kappa shape index (κ1) is 20.1. The van der Waals surface area contributed by atoms with E-state index < -0.39 is 0 Å². The van der Waals surface area contributed by atoms with Gasteiger partial charge in [-0.3, -0.25) is 0 Å². The Morgan fingerprint density at radius 3 is 2.19 bits per heavy atom. The zero-order valence-electron chi connectivity index (χ0n) is 13.8. The van der Waals surface area contributed by atoms with Crippen molar-refractivity contribution in [1.82, 2.24) is 0 Å². The van der Waals surface area contributed by atoms with E-state index in [1.54, 1.807) is 0 Å². The Morgan fingerprint density at radius 2 is 1.62 bits per heavy atom. The van der Waals surface area contributed by atoms with Crippen LogP contribution in [0.5, 0.6) is 0 Å². The quantitative estimate of drug-likeness (QED) is 0.291. The molecule has 0 saturated heterocycles. The summed E-state index contributed by atoms with van der Waals surface area (Å²) in [5, 5.41) is 8.61. The SMILES string of the molecule is CCCCCCCCCCCOC(CCC#N)CCC=O. The fourth-order valence-corrected chi connectivity index (χ4v) is 2.45. The molecule has 0 aromatic carbocycles. The van der Waals surface area contributed by atoms with E-state index in [-0.39, 0.29) is 6.10 Å². The monoisotopic (exact) mass is 295 g/mol. The molecule has 0 heterocycles. The number of hydrogen-bond acceptors (Lipinski definition) is 3. The Labute approximate surface area is 131 Å². The smallest absolute Gasteiger partial charge is 0.120 e. The third kappa shape index (κ3) is 15.3. The first-order valence-electron chi connectivity index (χ1n) is 8.77. The van der Waals surface area contributed by atoms with Gasteiger partial charge in [-0.1, -0.05) is 58.3 Å². The van der Waals surface area contributed by atoms with Crippen LogP contribution in [0, 0.1) is 11.3 Å². The molecule has 0 fully saturated rings. The van der Waals surface area contributed by atoms with Crippen molar-refractivity contribution in [3.05, 3.63) is 0 Å². The molecule has 3 heteroatoms. The Morgan fingerprint density at radius 1 is 1.00 bits per heavy atom. The van der Waals surface area contributed by atoms with Crippen LogP contribution >= 0.6 is 0 Å². The van der Waals surface area contributed by atoms with Gasteiger partial charge >= 0.3 is 0 Å². The number of nitrogens with zero attached hydrogens (tertiary/aromatic N) is 1. The van der Waals surface area contributed by atoms with Crippen LogP contribution in [0.25, 0.3) is 0 Å². The van der Waals surface area contributed by atoms with Crippen LogP contribution < -0.4 is 0 Å². The summed E-state index contributed by atoms with van der Waals surface area (Å²) in [6, 6.07) is 2.15. The van der Waals surface area contributed by atoms with E-state index in [2.05, 4.69) is 13.0 Å². The van der Waals surface area contributed by atoms with Crippen molar-refractivity contribution in [2.24, 2.45) is 0 Å². The van der Waals surface area contributed by atoms with Crippen molar-refractivity contribution in [2.45, 2.75) is 96.5 Å². The number of unbranched alkanes of at least 4 members (excludes halogenated alkanes) is 8. The van der Waals surface area contributed by atoms with Crippen molar-refractivity contribution in [3.63, 3.8) is 0 Å². The van der Waals surface area contributed by atoms with Gasteiger partial charge in [0.05, 0.1) is 12.2 Å². The Bertz CT molecular complexity index is 260. The van der Waals surface area contributed by atoms with Crippen molar-refractivity contribution < 1.29 is 9.53 Å². The molecule has 0 saturated carbocycles. The fraction of sp³-hybridized carbons (Fsp3) is 0.889. The minimum absolute atomic E-state index is 0.0869. The normalized spacial score (nSPS) is 12.0. The van der Waals surface area contributed by atoms with E-state index in [1.807, 2.05) is 0 Å². The number of carbonyl (C=O) groups is 1. The van der Waals surface area contributed by atoms with Gasteiger partial charge in [0.15, 0.2) is 0 Å². The summed E-state index contributed by atoms with van der Waals surface area (Å²) in [5.41, 5.74) is 0. The number of ether oxygens (including phenoxy) is 1. The number of rotatable bonds is 16. The molecule has 0 aromatic heterocycles. The molecule has 1 atom stereocenters. The van der Waals surface area contributed by atoms with Crippen LogP contribution in [0.2, 0.25) is 0 Å². The van der Waals surface area contributed by atoms with Crippen molar-refractivity contribution in [1.29, 1.82) is 5.26 Å². The number of aldehydes is 1. The third-order valence-electron chi connectivity index (χ3n) is 3.79. The zero-order chi connectivity index (χ0) is 15.6. The number of hydrogen-bond donors (Lipinski definition) is 0. The first-order valence-corrected chi connectivity index (χ1v) is 8.77. The van der Waals surface area contributed by atoms with Gasteiger partial charge in [0.25, 0.3) is 0 Å². The molecule has 0 aliphatic rings. The molecule has 0 bridgehead atoms. The van der Waals surface area contributed by atoms with Crippen LogP contribution in [-0.4, -0.2) is 19.0 Å². The van der Waals surface area contributed by atoms with Crippen LogP contribution in [0.4, 0.5) is 0 Å². The molecular weight excluding hydrogens is 262 g/mol. The predicted octanol–water partition coefficient (Wildman–Crippen LogP) is 5.19. The maximum Gasteiger partial charge on any atom is 0.120 e. The molecule has 0 aliphatic carbocycles. The topological polar surface area (TPSA) is 50.1 Å². The molecule has 1 unspecified atom stereocenters. The van der Waals surface area contributed by atoms with Gasteiger partial charge < -0.3 is 9.53 Å². The van der Waals surface area contributed by atoms with E-state index in [0.29, 0.717) is 12.8 Å². The highest BCUT2D eigenvalue weighted by atomic mass is 16.5. The average Bonchev–Trinajstić information content (AvgIpc) is 2.51. The molecule has 21 heavy (non-hydrogen) atoms. The highest BCUT2D eigenvalue weighted by Crippen LogP contribution is 2.12. The lowest BCUT2D eigenvalue weighted by molar-refractivity contribution is -0.108. The van der Waals surface area contributed by atoms with Gasteiger partial charge in [0.1, 0.15) is 6.29 Å². The van der Waals surface area contributed by atoms with Gasteiger partial charge in [-0.05, 0) is 19.3 Å². The second-order valence-corrected chi connectivity index (χ2v) is 5.76.